The molecule has 0 spiro atoms. The summed E-state index contributed by atoms with van der Waals surface area (Å²) in [6.07, 6.45) is 1.63. The zero-order valence-electron chi connectivity index (χ0n) is 11.0. The second-order valence-corrected chi connectivity index (χ2v) is 5.01. The highest BCUT2D eigenvalue weighted by atomic mass is 32.1. The first kappa shape index (κ1) is 13.5. The summed E-state index contributed by atoms with van der Waals surface area (Å²) in [4.78, 5) is 4.34. The molecule has 0 aliphatic carbocycles. The molecule has 0 atom stereocenters. The summed E-state index contributed by atoms with van der Waals surface area (Å²) in [7, 11) is 0. The number of thiocarbonyl (C=S) groups is 1. The van der Waals surface area contributed by atoms with Crippen molar-refractivity contribution in [2.45, 2.75) is 19.8 Å². The maximum atomic E-state index is 5.75. The van der Waals surface area contributed by atoms with Crippen LogP contribution in [0.5, 0.6) is 11.5 Å². The van der Waals surface area contributed by atoms with E-state index >= 15 is 0 Å². The minimum Gasteiger partial charge on any atom is -0.457 e. The van der Waals surface area contributed by atoms with Crippen LogP contribution in [0.15, 0.2) is 42.6 Å². The van der Waals surface area contributed by atoms with Crippen molar-refractivity contribution in [1.29, 1.82) is 0 Å². The van der Waals surface area contributed by atoms with Gasteiger partial charge in [0.1, 0.15) is 22.2 Å². The Hall–Kier alpha value is -1.94. The summed E-state index contributed by atoms with van der Waals surface area (Å²) in [6, 6.07) is 11.6. The zero-order chi connectivity index (χ0) is 13.8. The van der Waals surface area contributed by atoms with E-state index in [-0.39, 0.29) is 4.99 Å². The van der Waals surface area contributed by atoms with Gasteiger partial charge in [-0.25, -0.2) is 0 Å². The average molecular weight is 272 g/mol. The van der Waals surface area contributed by atoms with Crippen molar-refractivity contribution in [3.8, 4) is 11.5 Å². The molecule has 0 unspecified atom stereocenters. The molecular weight excluding hydrogens is 256 g/mol. The van der Waals surface area contributed by atoms with Gasteiger partial charge in [-0.15, -0.1) is 0 Å². The van der Waals surface area contributed by atoms with E-state index in [1.165, 1.54) is 5.56 Å². The molecule has 0 aliphatic rings. The summed E-state index contributed by atoms with van der Waals surface area (Å²) in [6.45, 7) is 4.32. The molecule has 98 valence electrons. The first-order valence-corrected chi connectivity index (χ1v) is 6.51. The monoisotopic (exact) mass is 272 g/mol. The van der Waals surface area contributed by atoms with E-state index in [0.717, 1.165) is 5.75 Å². The van der Waals surface area contributed by atoms with Crippen LogP contribution in [-0.4, -0.2) is 9.97 Å². The molecule has 1 aromatic carbocycles. The van der Waals surface area contributed by atoms with Crippen molar-refractivity contribution >= 4 is 17.2 Å². The molecule has 2 aromatic rings. The van der Waals surface area contributed by atoms with Crippen LogP contribution in [0, 0.1) is 0 Å². The minimum absolute atomic E-state index is 0.264. The molecule has 0 bridgehead atoms. The Labute approximate surface area is 118 Å². The molecule has 0 aliphatic heterocycles. The quantitative estimate of drug-likeness (QED) is 0.863. The van der Waals surface area contributed by atoms with E-state index in [9.17, 15) is 0 Å². The Morgan fingerprint density at radius 1 is 1.16 bits per heavy atom. The minimum atomic E-state index is 0.264. The Bertz CT molecular complexity index is 579. The van der Waals surface area contributed by atoms with Gasteiger partial charge >= 0.3 is 0 Å². The molecule has 3 nitrogen and oxygen atoms in total. The lowest BCUT2D eigenvalue weighted by atomic mass is 10.0. The highest BCUT2D eigenvalue weighted by Crippen LogP contribution is 2.24. The Balaban J connectivity index is 2.16. The number of rotatable bonds is 4. The maximum Gasteiger partial charge on any atom is 0.131 e. The van der Waals surface area contributed by atoms with E-state index in [4.69, 9.17) is 22.7 Å². The highest BCUT2D eigenvalue weighted by molar-refractivity contribution is 7.80. The Kier molecular flexibility index (Phi) is 4.12. The van der Waals surface area contributed by atoms with Gasteiger partial charge in [0, 0.05) is 12.3 Å². The standard InChI is InChI=1S/C15H16N2OS/c1-10(2)11-3-5-12(6-4-11)18-13-7-8-17-14(9-13)15(16)19/h3-10H,1-2H3,(H2,16,19). The number of benzene rings is 1. The number of hydrogen-bond acceptors (Lipinski definition) is 3. The van der Waals surface area contributed by atoms with Crippen molar-refractivity contribution in [2.75, 3.05) is 0 Å². The molecule has 19 heavy (non-hydrogen) atoms. The summed E-state index contributed by atoms with van der Waals surface area (Å²) in [5.41, 5.74) is 7.39. The fourth-order valence-corrected chi connectivity index (χ4v) is 1.78. The second-order valence-electron chi connectivity index (χ2n) is 4.57. The number of hydrogen-bond donors (Lipinski definition) is 1. The number of pyridine rings is 1. The lowest BCUT2D eigenvalue weighted by Gasteiger charge is -2.09. The fraction of sp³-hybridized carbons (Fsp3) is 0.200. The van der Waals surface area contributed by atoms with E-state index in [0.29, 0.717) is 17.4 Å². The molecule has 1 aromatic heterocycles. The zero-order valence-corrected chi connectivity index (χ0v) is 11.8. The van der Waals surface area contributed by atoms with Gasteiger partial charge in [-0.2, -0.15) is 0 Å². The first-order valence-electron chi connectivity index (χ1n) is 6.10. The van der Waals surface area contributed by atoms with Gasteiger partial charge in [0.15, 0.2) is 0 Å². The molecule has 0 fully saturated rings. The van der Waals surface area contributed by atoms with Crippen LogP contribution in [0.25, 0.3) is 0 Å². The Morgan fingerprint density at radius 3 is 2.42 bits per heavy atom. The number of nitrogens with two attached hydrogens (primary N) is 1. The van der Waals surface area contributed by atoms with E-state index < -0.39 is 0 Å². The molecule has 1 heterocycles. The van der Waals surface area contributed by atoms with E-state index in [1.807, 2.05) is 12.1 Å². The molecule has 0 saturated heterocycles. The van der Waals surface area contributed by atoms with Gasteiger partial charge in [0.2, 0.25) is 0 Å². The van der Waals surface area contributed by atoms with Crippen LogP contribution in [-0.2, 0) is 0 Å². The third-order valence-corrected chi connectivity index (χ3v) is 2.98. The van der Waals surface area contributed by atoms with Crippen molar-refractivity contribution in [3.05, 3.63) is 53.9 Å². The third-order valence-electron chi connectivity index (χ3n) is 2.77. The summed E-state index contributed by atoms with van der Waals surface area (Å²) < 4.78 is 5.75. The van der Waals surface area contributed by atoms with Gasteiger partial charge < -0.3 is 10.5 Å². The summed E-state index contributed by atoms with van der Waals surface area (Å²) in [5.74, 6) is 1.97. The summed E-state index contributed by atoms with van der Waals surface area (Å²) in [5, 5.41) is 0. The van der Waals surface area contributed by atoms with Gasteiger partial charge in [0.05, 0.1) is 0 Å². The predicted molar refractivity (Wildman–Crippen MR) is 80.7 cm³/mol. The predicted octanol–water partition coefficient (Wildman–Crippen LogP) is 3.63. The van der Waals surface area contributed by atoms with E-state index in [1.54, 1.807) is 18.3 Å². The fourth-order valence-electron chi connectivity index (χ4n) is 1.67. The van der Waals surface area contributed by atoms with Crippen molar-refractivity contribution in [2.24, 2.45) is 5.73 Å². The normalized spacial score (nSPS) is 10.5. The van der Waals surface area contributed by atoms with Crippen molar-refractivity contribution in [3.63, 3.8) is 0 Å². The SMILES string of the molecule is CC(C)c1ccc(Oc2ccnc(C(N)=S)c2)cc1. The largest absolute Gasteiger partial charge is 0.457 e. The second kappa shape index (κ2) is 5.80. The van der Waals surface area contributed by atoms with Gasteiger partial charge in [-0.05, 0) is 29.7 Å². The average Bonchev–Trinajstić information content (AvgIpc) is 2.39. The van der Waals surface area contributed by atoms with Gasteiger partial charge in [-0.3, -0.25) is 4.98 Å². The topological polar surface area (TPSA) is 48.1 Å². The number of nitrogens with zero attached hydrogens (tertiary/aromatic N) is 1. The molecule has 2 N–H and O–H groups in total. The maximum absolute atomic E-state index is 5.75. The Morgan fingerprint density at radius 2 is 1.84 bits per heavy atom. The summed E-state index contributed by atoms with van der Waals surface area (Å²) >= 11 is 4.89. The third kappa shape index (κ3) is 3.51. The van der Waals surface area contributed by atoms with Crippen LogP contribution in [0.3, 0.4) is 0 Å². The molecule has 0 saturated carbocycles. The van der Waals surface area contributed by atoms with Gasteiger partial charge in [0.25, 0.3) is 0 Å². The van der Waals surface area contributed by atoms with E-state index in [2.05, 4.69) is 31.0 Å². The van der Waals surface area contributed by atoms with Crippen LogP contribution in [0.1, 0.15) is 31.0 Å². The number of aromatic nitrogens is 1. The first-order chi connectivity index (χ1) is 9.06. The van der Waals surface area contributed by atoms with Crippen LogP contribution >= 0.6 is 12.2 Å². The molecule has 0 amide bonds. The van der Waals surface area contributed by atoms with Crippen LogP contribution in [0.4, 0.5) is 0 Å². The number of ether oxygens (including phenoxy) is 1. The molecular formula is C15H16N2OS. The molecule has 2 rings (SSSR count). The molecule has 0 radical (unpaired) electrons. The lowest BCUT2D eigenvalue weighted by molar-refractivity contribution is 0.481. The van der Waals surface area contributed by atoms with Crippen LogP contribution in [0.2, 0.25) is 0 Å². The molecule has 4 heteroatoms. The highest BCUT2D eigenvalue weighted by Gasteiger charge is 2.03. The van der Waals surface area contributed by atoms with Crippen molar-refractivity contribution < 1.29 is 4.74 Å². The lowest BCUT2D eigenvalue weighted by Crippen LogP contribution is -2.11. The van der Waals surface area contributed by atoms with Crippen LogP contribution < -0.4 is 10.5 Å². The van der Waals surface area contributed by atoms with Crippen molar-refractivity contribution in [1.82, 2.24) is 4.98 Å². The van der Waals surface area contributed by atoms with Gasteiger partial charge in [-0.1, -0.05) is 38.2 Å². The smallest absolute Gasteiger partial charge is 0.131 e.